The van der Waals surface area contributed by atoms with Gasteiger partial charge in [-0.1, -0.05) is 0 Å². The Morgan fingerprint density at radius 2 is 2.12 bits per heavy atom. The minimum Gasteiger partial charge on any atom is -0.317 e. The highest BCUT2D eigenvalue weighted by Gasteiger charge is 2.13. The van der Waals surface area contributed by atoms with Crippen LogP contribution in [0.4, 0.5) is 0 Å². The fourth-order valence-electron chi connectivity index (χ4n) is 0.260. The molecule has 0 heterocycles. The second kappa shape index (κ2) is 3.15. The largest absolute Gasteiger partial charge is 0.386 e. The molecular formula is C3H8IO3P. The van der Waals surface area contributed by atoms with Gasteiger partial charge >= 0.3 is 5.24 Å². The van der Waals surface area contributed by atoms with Gasteiger partial charge in [0.15, 0.2) is 0 Å². The Bertz CT molecular complexity index is 107. The molecule has 0 amide bonds. The summed E-state index contributed by atoms with van der Waals surface area (Å²) in [5.74, 6) is 0. The Kier molecular flexibility index (Phi) is 3.50. The van der Waals surface area contributed by atoms with Gasteiger partial charge in [-0.05, 0) is 13.8 Å². The van der Waals surface area contributed by atoms with Gasteiger partial charge in [-0.3, -0.25) is 4.52 Å². The molecule has 5 heteroatoms. The molecule has 0 aromatic rings. The third-order valence-electron chi connectivity index (χ3n) is 0.341. The van der Waals surface area contributed by atoms with Gasteiger partial charge in [0.05, 0.1) is 28.1 Å². The van der Waals surface area contributed by atoms with E-state index in [0.717, 1.165) is 0 Å². The molecule has 0 aromatic carbocycles. The molecule has 8 heavy (non-hydrogen) atoms. The molecule has 0 aliphatic rings. The van der Waals surface area contributed by atoms with Crippen molar-refractivity contribution in [2.24, 2.45) is 0 Å². The lowest BCUT2D eigenvalue weighted by molar-refractivity contribution is 0.220. The molecule has 0 aliphatic carbocycles. The Hall–Kier alpha value is 0.880. The fourth-order valence-corrected chi connectivity index (χ4v) is 2.14. The van der Waals surface area contributed by atoms with Crippen LogP contribution in [0.5, 0.6) is 0 Å². The van der Waals surface area contributed by atoms with E-state index in [1.807, 2.05) is 0 Å². The first kappa shape index (κ1) is 8.88. The van der Waals surface area contributed by atoms with E-state index in [2.05, 4.69) is 4.52 Å². The minimum absolute atomic E-state index is 0.178. The third kappa shape index (κ3) is 6.88. The summed E-state index contributed by atoms with van der Waals surface area (Å²) in [5.41, 5.74) is 0. The predicted molar refractivity (Wildman–Crippen MR) is 40.1 cm³/mol. The normalized spacial score (nSPS) is 18.6. The van der Waals surface area contributed by atoms with Crippen molar-refractivity contribution in [3.63, 3.8) is 0 Å². The summed E-state index contributed by atoms with van der Waals surface area (Å²) in [6.45, 7) is 3.42. The van der Waals surface area contributed by atoms with Crippen molar-refractivity contribution in [3.8, 4) is 0 Å². The highest BCUT2D eigenvalue weighted by Crippen LogP contribution is 2.51. The molecule has 3 nitrogen and oxygen atoms in total. The molecule has 1 N–H and O–H groups in total. The molecule has 0 spiro atoms. The third-order valence-corrected chi connectivity index (χ3v) is 1.70. The monoisotopic (exact) mass is 250 g/mol. The predicted octanol–water partition coefficient (Wildman–Crippen LogP) is 1.95. The second-order valence-corrected chi connectivity index (χ2v) is 6.38. The van der Waals surface area contributed by atoms with E-state index >= 15 is 0 Å². The number of rotatable bonds is 2. The minimum atomic E-state index is -3.25. The van der Waals surface area contributed by atoms with Gasteiger partial charge < -0.3 is 4.89 Å². The lowest BCUT2D eigenvalue weighted by Crippen LogP contribution is -1.95. The molecule has 0 radical (unpaired) electrons. The van der Waals surface area contributed by atoms with Crippen molar-refractivity contribution >= 4 is 27.3 Å². The maximum atomic E-state index is 10.3. The first-order valence-corrected chi connectivity index (χ1v) is 6.49. The lowest BCUT2D eigenvalue weighted by Gasteiger charge is -2.06. The highest BCUT2D eigenvalue weighted by atomic mass is 127. The summed E-state index contributed by atoms with van der Waals surface area (Å²) >= 11 is 1.38. The van der Waals surface area contributed by atoms with E-state index in [-0.39, 0.29) is 6.10 Å². The molecule has 0 bridgehead atoms. The van der Waals surface area contributed by atoms with Gasteiger partial charge in [-0.2, -0.15) is 0 Å². The van der Waals surface area contributed by atoms with Crippen LogP contribution in [0.1, 0.15) is 13.8 Å². The zero-order valence-electron chi connectivity index (χ0n) is 4.67. The van der Waals surface area contributed by atoms with E-state index < -0.39 is 5.24 Å². The first-order chi connectivity index (χ1) is 3.42. The van der Waals surface area contributed by atoms with E-state index in [4.69, 9.17) is 4.89 Å². The van der Waals surface area contributed by atoms with Gasteiger partial charge in [0, 0.05) is 0 Å². The van der Waals surface area contributed by atoms with Crippen molar-refractivity contribution < 1.29 is 14.0 Å². The molecule has 0 saturated heterocycles. The van der Waals surface area contributed by atoms with E-state index in [1.54, 1.807) is 13.8 Å². The summed E-state index contributed by atoms with van der Waals surface area (Å²) in [4.78, 5) is 8.51. The molecule has 1 unspecified atom stereocenters. The zero-order valence-corrected chi connectivity index (χ0v) is 7.72. The Labute approximate surface area is 61.4 Å². The molecule has 1 atom stereocenters. The van der Waals surface area contributed by atoms with Crippen molar-refractivity contribution in [1.82, 2.24) is 0 Å². The maximum Gasteiger partial charge on any atom is 0.386 e. The topological polar surface area (TPSA) is 46.5 Å². The van der Waals surface area contributed by atoms with Crippen molar-refractivity contribution in [3.05, 3.63) is 0 Å². The average Bonchev–Trinajstić information content (AvgIpc) is 1.21. The van der Waals surface area contributed by atoms with Crippen LogP contribution in [0.15, 0.2) is 0 Å². The van der Waals surface area contributed by atoms with Crippen LogP contribution < -0.4 is 0 Å². The van der Waals surface area contributed by atoms with Crippen LogP contribution >= 0.6 is 27.3 Å². The molecule has 0 fully saturated rings. The summed E-state index contributed by atoms with van der Waals surface area (Å²) in [7, 11) is 0. The van der Waals surface area contributed by atoms with Crippen molar-refractivity contribution in [2.75, 3.05) is 0 Å². The summed E-state index contributed by atoms with van der Waals surface area (Å²) < 4.78 is 14.9. The molecule has 0 saturated carbocycles. The van der Waals surface area contributed by atoms with E-state index in [0.29, 0.717) is 0 Å². The van der Waals surface area contributed by atoms with Crippen molar-refractivity contribution in [2.45, 2.75) is 20.0 Å². The first-order valence-electron chi connectivity index (χ1n) is 2.12. The molecule has 0 rings (SSSR count). The van der Waals surface area contributed by atoms with Crippen LogP contribution in [0.25, 0.3) is 0 Å². The Balaban J connectivity index is 3.56. The molecule has 0 aliphatic heterocycles. The van der Waals surface area contributed by atoms with Gasteiger partial charge in [-0.25, -0.2) is 4.57 Å². The van der Waals surface area contributed by atoms with E-state index in [9.17, 15) is 4.57 Å². The zero-order chi connectivity index (χ0) is 6.78. The van der Waals surface area contributed by atoms with Crippen LogP contribution in [0.3, 0.4) is 0 Å². The van der Waals surface area contributed by atoms with Gasteiger partial charge in [0.1, 0.15) is 0 Å². The molecular weight excluding hydrogens is 242 g/mol. The standard InChI is InChI=1S/C3H8IO3P/c1-3(2)7-8(4,5)6/h3H,1-2H3,(H,5,6). The maximum absolute atomic E-state index is 10.3. The van der Waals surface area contributed by atoms with Crippen LogP contribution in [0.2, 0.25) is 0 Å². The van der Waals surface area contributed by atoms with Gasteiger partial charge in [0.25, 0.3) is 0 Å². The SMILES string of the molecule is CC(C)OP(=O)(O)I. The quantitative estimate of drug-likeness (QED) is 0.601. The van der Waals surface area contributed by atoms with Gasteiger partial charge in [0.2, 0.25) is 0 Å². The smallest absolute Gasteiger partial charge is 0.317 e. The number of hydrogen-bond acceptors (Lipinski definition) is 2. The number of halogens is 1. The Morgan fingerprint density at radius 3 is 2.12 bits per heavy atom. The van der Waals surface area contributed by atoms with E-state index in [1.165, 1.54) is 22.0 Å². The number of hydrogen-bond donors (Lipinski definition) is 1. The summed E-state index contributed by atoms with van der Waals surface area (Å²) in [6, 6.07) is 0. The average molecular weight is 250 g/mol. The summed E-state index contributed by atoms with van der Waals surface area (Å²) in [5, 5.41) is -3.25. The van der Waals surface area contributed by atoms with Crippen LogP contribution in [-0.4, -0.2) is 11.0 Å². The van der Waals surface area contributed by atoms with Crippen molar-refractivity contribution in [1.29, 1.82) is 0 Å². The highest BCUT2D eigenvalue weighted by molar-refractivity contribution is 14.2. The van der Waals surface area contributed by atoms with Crippen LogP contribution in [0, 0.1) is 0 Å². The fraction of sp³-hybridized carbons (Fsp3) is 1.00. The lowest BCUT2D eigenvalue weighted by atomic mass is 10.5. The summed E-state index contributed by atoms with van der Waals surface area (Å²) in [6.07, 6.45) is -0.178. The molecule has 0 aromatic heterocycles. The van der Waals surface area contributed by atoms with Crippen LogP contribution in [-0.2, 0) is 9.09 Å². The Morgan fingerprint density at radius 1 is 1.75 bits per heavy atom. The second-order valence-electron chi connectivity index (χ2n) is 1.61. The van der Waals surface area contributed by atoms with Gasteiger partial charge in [-0.15, -0.1) is 0 Å². The molecule has 50 valence electrons.